The second-order valence-electron chi connectivity index (χ2n) is 3.13. The summed E-state index contributed by atoms with van der Waals surface area (Å²) in [7, 11) is 1.80. The molecule has 0 aliphatic heterocycles. The van der Waals surface area contributed by atoms with Gasteiger partial charge in [-0.05, 0) is 23.7 Å². The highest BCUT2D eigenvalue weighted by molar-refractivity contribution is 6.67. The van der Waals surface area contributed by atoms with Crippen molar-refractivity contribution < 1.29 is 4.79 Å². The van der Waals surface area contributed by atoms with Gasteiger partial charge < -0.3 is 0 Å². The van der Waals surface area contributed by atoms with Crippen molar-refractivity contribution >= 4 is 16.8 Å². The lowest BCUT2D eigenvalue weighted by molar-refractivity contribution is 0.108. The highest BCUT2D eigenvalue weighted by Crippen LogP contribution is 2.17. The number of carbonyl (C=O) groups excluding carboxylic acids is 1. The average Bonchev–Trinajstić information content (AvgIpc) is 2.65. The molecule has 15 heavy (non-hydrogen) atoms. The first-order valence-corrected chi connectivity index (χ1v) is 4.71. The van der Waals surface area contributed by atoms with E-state index >= 15 is 0 Å². The van der Waals surface area contributed by atoms with Gasteiger partial charge in [-0.3, -0.25) is 9.48 Å². The molecule has 0 aliphatic rings. The fourth-order valence-electron chi connectivity index (χ4n) is 1.25. The van der Waals surface area contributed by atoms with Crippen LogP contribution in [-0.2, 0) is 7.05 Å². The van der Waals surface area contributed by atoms with Gasteiger partial charge in [0.05, 0.1) is 6.20 Å². The minimum absolute atomic E-state index is 0.458. The van der Waals surface area contributed by atoms with Gasteiger partial charge in [0.15, 0.2) is 0 Å². The Morgan fingerprint density at radius 2 is 2.00 bits per heavy atom. The van der Waals surface area contributed by atoms with Gasteiger partial charge in [0.25, 0.3) is 5.24 Å². The topological polar surface area (TPSA) is 47.8 Å². The van der Waals surface area contributed by atoms with Crippen molar-refractivity contribution in [2.45, 2.75) is 0 Å². The Kier molecular flexibility index (Phi) is 2.51. The number of aryl methyl sites for hydroxylation is 1. The molecule has 2 aromatic rings. The summed E-state index contributed by atoms with van der Waals surface area (Å²) in [6.07, 6.45) is 1.80. The SMILES string of the molecule is Cn1cc(-c2ccc(C(=O)Cl)cc2)nn1. The summed E-state index contributed by atoms with van der Waals surface area (Å²) in [4.78, 5) is 10.8. The molecule has 0 aliphatic carbocycles. The molecule has 0 N–H and O–H groups in total. The van der Waals surface area contributed by atoms with Gasteiger partial charge in [0.1, 0.15) is 5.69 Å². The molecule has 4 nitrogen and oxygen atoms in total. The van der Waals surface area contributed by atoms with E-state index in [0.717, 1.165) is 11.3 Å². The van der Waals surface area contributed by atoms with Crippen molar-refractivity contribution in [1.82, 2.24) is 15.0 Å². The molecule has 0 radical (unpaired) electrons. The molecule has 76 valence electrons. The highest BCUT2D eigenvalue weighted by atomic mass is 35.5. The Morgan fingerprint density at radius 1 is 1.33 bits per heavy atom. The third kappa shape index (κ3) is 2.05. The molecular formula is C10H8ClN3O. The molecular weight excluding hydrogens is 214 g/mol. The molecule has 1 aromatic heterocycles. The van der Waals surface area contributed by atoms with E-state index in [-0.39, 0.29) is 0 Å². The van der Waals surface area contributed by atoms with Crippen molar-refractivity contribution in [2.24, 2.45) is 7.05 Å². The molecule has 2 rings (SSSR count). The predicted octanol–water partition coefficient (Wildman–Crippen LogP) is 1.86. The van der Waals surface area contributed by atoms with E-state index in [2.05, 4.69) is 10.3 Å². The van der Waals surface area contributed by atoms with Gasteiger partial charge in [0.2, 0.25) is 0 Å². The molecule has 1 aromatic carbocycles. The standard InChI is InChI=1S/C10H8ClN3O/c1-14-6-9(12-13-14)7-2-4-8(5-3-7)10(11)15/h2-6H,1H3. The molecule has 0 amide bonds. The molecule has 0 spiro atoms. The lowest BCUT2D eigenvalue weighted by atomic mass is 10.1. The van der Waals surface area contributed by atoms with Gasteiger partial charge in [-0.2, -0.15) is 0 Å². The molecule has 0 fully saturated rings. The average molecular weight is 222 g/mol. The number of benzene rings is 1. The molecule has 0 saturated carbocycles. The lowest BCUT2D eigenvalue weighted by Crippen LogP contribution is -1.87. The zero-order chi connectivity index (χ0) is 10.8. The molecule has 0 unspecified atom stereocenters. The smallest absolute Gasteiger partial charge is 0.252 e. The Balaban J connectivity index is 2.35. The number of rotatable bonds is 2. The van der Waals surface area contributed by atoms with E-state index in [0.29, 0.717) is 5.56 Å². The third-order valence-corrected chi connectivity index (χ3v) is 2.23. The normalized spacial score (nSPS) is 10.3. The van der Waals surface area contributed by atoms with Gasteiger partial charge in [-0.1, -0.05) is 17.3 Å². The van der Waals surface area contributed by atoms with Crippen LogP contribution < -0.4 is 0 Å². The molecule has 0 bridgehead atoms. The molecule has 1 heterocycles. The molecule has 0 saturated heterocycles. The van der Waals surface area contributed by atoms with Crippen molar-refractivity contribution in [3.8, 4) is 11.3 Å². The van der Waals surface area contributed by atoms with Gasteiger partial charge >= 0.3 is 0 Å². The first-order valence-electron chi connectivity index (χ1n) is 4.33. The Morgan fingerprint density at radius 3 is 2.47 bits per heavy atom. The third-order valence-electron chi connectivity index (χ3n) is 2.01. The van der Waals surface area contributed by atoms with Crippen molar-refractivity contribution in [3.63, 3.8) is 0 Å². The van der Waals surface area contributed by atoms with Crippen molar-refractivity contribution in [3.05, 3.63) is 36.0 Å². The summed E-state index contributed by atoms with van der Waals surface area (Å²) < 4.78 is 1.62. The summed E-state index contributed by atoms with van der Waals surface area (Å²) in [6.45, 7) is 0. The number of halogens is 1. The van der Waals surface area contributed by atoms with Crippen LogP contribution in [0, 0.1) is 0 Å². The Labute approximate surface area is 91.5 Å². The van der Waals surface area contributed by atoms with Crippen LogP contribution in [0.25, 0.3) is 11.3 Å². The summed E-state index contributed by atoms with van der Waals surface area (Å²) in [6, 6.07) is 6.91. The number of aromatic nitrogens is 3. The highest BCUT2D eigenvalue weighted by Gasteiger charge is 2.04. The number of hydrogen-bond donors (Lipinski definition) is 0. The van der Waals surface area contributed by atoms with Gasteiger partial charge in [0, 0.05) is 18.2 Å². The second-order valence-corrected chi connectivity index (χ2v) is 3.47. The minimum Gasteiger partial charge on any atom is -0.276 e. The maximum absolute atomic E-state index is 10.8. The van der Waals surface area contributed by atoms with Crippen LogP contribution in [0.2, 0.25) is 0 Å². The second kappa shape index (κ2) is 3.82. The zero-order valence-electron chi connectivity index (χ0n) is 8.01. The Bertz CT molecular complexity index is 490. The van der Waals surface area contributed by atoms with Crippen molar-refractivity contribution in [1.29, 1.82) is 0 Å². The monoisotopic (exact) mass is 221 g/mol. The van der Waals surface area contributed by atoms with Crippen LogP contribution >= 0.6 is 11.6 Å². The maximum atomic E-state index is 10.8. The quantitative estimate of drug-likeness (QED) is 0.728. The van der Waals surface area contributed by atoms with E-state index in [1.165, 1.54) is 0 Å². The summed E-state index contributed by atoms with van der Waals surface area (Å²) >= 11 is 5.33. The Hall–Kier alpha value is -1.68. The minimum atomic E-state index is -0.458. The predicted molar refractivity (Wildman–Crippen MR) is 56.6 cm³/mol. The molecule has 0 atom stereocenters. The van der Waals surface area contributed by atoms with Gasteiger partial charge in [-0.25, -0.2) is 0 Å². The van der Waals surface area contributed by atoms with E-state index in [4.69, 9.17) is 11.6 Å². The summed E-state index contributed by atoms with van der Waals surface area (Å²) in [5, 5.41) is 7.32. The molecule has 5 heteroatoms. The number of carbonyl (C=O) groups is 1. The summed E-state index contributed by atoms with van der Waals surface area (Å²) in [5.74, 6) is 0. The number of hydrogen-bond acceptors (Lipinski definition) is 3. The van der Waals surface area contributed by atoms with Crippen LogP contribution in [0.1, 0.15) is 10.4 Å². The largest absolute Gasteiger partial charge is 0.276 e. The first kappa shape index (κ1) is 9.86. The van der Waals surface area contributed by atoms with E-state index in [1.807, 2.05) is 0 Å². The fourth-order valence-corrected chi connectivity index (χ4v) is 1.38. The van der Waals surface area contributed by atoms with E-state index < -0.39 is 5.24 Å². The fraction of sp³-hybridized carbons (Fsp3) is 0.100. The van der Waals surface area contributed by atoms with Crippen molar-refractivity contribution in [2.75, 3.05) is 0 Å². The van der Waals surface area contributed by atoms with Crippen LogP contribution in [0.4, 0.5) is 0 Å². The first-order chi connectivity index (χ1) is 7.16. The van der Waals surface area contributed by atoms with E-state index in [9.17, 15) is 4.79 Å². The van der Waals surface area contributed by atoms with Crippen LogP contribution in [0.15, 0.2) is 30.5 Å². The van der Waals surface area contributed by atoms with Crippen LogP contribution in [0.3, 0.4) is 0 Å². The zero-order valence-corrected chi connectivity index (χ0v) is 8.77. The summed E-state index contributed by atoms with van der Waals surface area (Å²) in [5.41, 5.74) is 2.15. The van der Waals surface area contributed by atoms with Crippen LogP contribution in [0.5, 0.6) is 0 Å². The maximum Gasteiger partial charge on any atom is 0.252 e. The van der Waals surface area contributed by atoms with Crippen LogP contribution in [-0.4, -0.2) is 20.2 Å². The lowest BCUT2D eigenvalue weighted by Gasteiger charge is -1.96. The number of nitrogens with zero attached hydrogens (tertiary/aromatic N) is 3. The van der Waals surface area contributed by atoms with E-state index in [1.54, 1.807) is 42.2 Å². The van der Waals surface area contributed by atoms with Gasteiger partial charge in [-0.15, -0.1) is 5.10 Å².